The van der Waals surface area contributed by atoms with Crippen molar-refractivity contribution < 1.29 is 9.59 Å². The average Bonchev–Trinajstić information content (AvgIpc) is 2.37. The van der Waals surface area contributed by atoms with Crippen LogP contribution in [0.15, 0.2) is 0 Å². The molecule has 104 valence electrons. The summed E-state index contributed by atoms with van der Waals surface area (Å²) >= 11 is 0. The van der Waals surface area contributed by atoms with Crippen LogP contribution in [0.5, 0.6) is 0 Å². The van der Waals surface area contributed by atoms with Gasteiger partial charge >= 0.3 is 0 Å². The fraction of sp³-hybridized carbons (Fsp3) is 0.846. The van der Waals surface area contributed by atoms with Crippen LogP contribution >= 0.6 is 0 Å². The van der Waals surface area contributed by atoms with Gasteiger partial charge in [0.05, 0.1) is 6.54 Å². The van der Waals surface area contributed by atoms with E-state index in [0.29, 0.717) is 12.6 Å². The van der Waals surface area contributed by atoms with Crippen molar-refractivity contribution in [2.45, 2.75) is 45.1 Å². The van der Waals surface area contributed by atoms with Gasteiger partial charge in [0.1, 0.15) is 0 Å². The first-order valence-corrected chi connectivity index (χ1v) is 6.85. The molecule has 0 radical (unpaired) electrons. The van der Waals surface area contributed by atoms with E-state index >= 15 is 0 Å². The maximum absolute atomic E-state index is 11.7. The Morgan fingerprint density at radius 1 is 1.22 bits per heavy atom. The van der Waals surface area contributed by atoms with Gasteiger partial charge in [-0.25, -0.2) is 0 Å². The van der Waals surface area contributed by atoms with Crippen LogP contribution in [-0.2, 0) is 9.59 Å². The molecule has 0 spiro atoms. The van der Waals surface area contributed by atoms with Crippen molar-refractivity contribution in [3.8, 4) is 0 Å². The molecule has 3 N–H and O–H groups in total. The summed E-state index contributed by atoms with van der Waals surface area (Å²) in [5.41, 5.74) is 0. The van der Waals surface area contributed by atoms with E-state index in [-0.39, 0.29) is 24.3 Å². The largest absolute Gasteiger partial charge is 0.352 e. The van der Waals surface area contributed by atoms with E-state index in [0.717, 1.165) is 12.8 Å². The average molecular weight is 255 g/mol. The van der Waals surface area contributed by atoms with Gasteiger partial charge in [0.15, 0.2) is 0 Å². The number of hydrogen-bond acceptors (Lipinski definition) is 3. The van der Waals surface area contributed by atoms with Crippen molar-refractivity contribution in [1.29, 1.82) is 0 Å². The fourth-order valence-electron chi connectivity index (χ4n) is 2.27. The van der Waals surface area contributed by atoms with Gasteiger partial charge in [0.25, 0.3) is 0 Å². The molecule has 1 rings (SSSR count). The number of rotatable bonds is 6. The third kappa shape index (κ3) is 5.49. The van der Waals surface area contributed by atoms with Crippen LogP contribution in [0.2, 0.25) is 0 Å². The SMILES string of the molecule is CNCC(C)C(=O)NCC(=O)NC1CCCCC1. The van der Waals surface area contributed by atoms with Crippen molar-refractivity contribution in [3.05, 3.63) is 0 Å². The molecule has 1 saturated carbocycles. The van der Waals surface area contributed by atoms with Gasteiger partial charge in [0, 0.05) is 18.5 Å². The topological polar surface area (TPSA) is 70.2 Å². The van der Waals surface area contributed by atoms with E-state index < -0.39 is 0 Å². The van der Waals surface area contributed by atoms with Crippen LogP contribution in [0.4, 0.5) is 0 Å². The Morgan fingerprint density at radius 3 is 2.50 bits per heavy atom. The molecular formula is C13H25N3O2. The van der Waals surface area contributed by atoms with Gasteiger partial charge in [-0.1, -0.05) is 26.2 Å². The highest BCUT2D eigenvalue weighted by Gasteiger charge is 2.17. The van der Waals surface area contributed by atoms with Gasteiger partial charge in [-0.05, 0) is 19.9 Å². The normalized spacial score (nSPS) is 18.1. The summed E-state index contributed by atoms with van der Waals surface area (Å²) in [6, 6.07) is 0.304. The van der Waals surface area contributed by atoms with E-state index in [4.69, 9.17) is 0 Å². The highest BCUT2D eigenvalue weighted by atomic mass is 16.2. The minimum Gasteiger partial charge on any atom is -0.352 e. The van der Waals surface area contributed by atoms with Crippen LogP contribution in [-0.4, -0.2) is 38.0 Å². The van der Waals surface area contributed by atoms with E-state index in [1.807, 2.05) is 6.92 Å². The molecule has 18 heavy (non-hydrogen) atoms. The van der Waals surface area contributed by atoms with Crippen molar-refractivity contribution >= 4 is 11.8 Å². The van der Waals surface area contributed by atoms with E-state index in [2.05, 4.69) is 16.0 Å². The van der Waals surface area contributed by atoms with Gasteiger partial charge in [-0.15, -0.1) is 0 Å². The Balaban J connectivity index is 2.17. The minimum atomic E-state index is -0.113. The van der Waals surface area contributed by atoms with Crippen molar-refractivity contribution in [3.63, 3.8) is 0 Å². The molecule has 1 aliphatic carbocycles. The molecule has 1 unspecified atom stereocenters. The summed E-state index contributed by atoms with van der Waals surface area (Å²) < 4.78 is 0. The van der Waals surface area contributed by atoms with E-state index in [1.54, 1.807) is 7.05 Å². The third-order valence-electron chi connectivity index (χ3n) is 3.35. The van der Waals surface area contributed by atoms with Crippen LogP contribution in [0, 0.1) is 5.92 Å². The fourth-order valence-corrected chi connectivity index (χ4v) is 2.27. The second-order valence-corrected chi connectivity index (χ2v) is 5.08. The van der Waals surface area contributed by atoms with Crippen LogP contribution < -0.4 is 16.0 Å². The maximum Gasteiger partial charge on any atom is 0.239 e. The Kier molecular flexibility index (Phi) is 6.72. The molecule has 1 atom stereocenters. The highest BCUT2D eigenvalue weighted by Crippen LogP contribution is 2.16. The molecule has 1 fully saturated rings. The molecule has 0 aromatic heterocycles. The highest BCUT2D eigenvalue weighted by molar-refractivity contribution is 5.85. The van der Waals surface area contributed by atoms with Crippen LogP contribution in [0.25, 0.3) is 0 Å². The lowest BCUT2D eigenvalue weighted by Crippen LogP contribution is -2.44. The summed E-state index contributed by atoms with van der Waals surface area (Å²) in [4.78, 5) is 23.3. The lowest BCUT2D eigenvalue weighted by Gasteiger charge is -2.23. The molecular weight excluding hydrogens is 230 g/mol. The van der Waals surface area contributed by atoms with Gasteiger partial charge in [-0.3, -0.25) is 9.59 Å². The second kappa shape index (κ2) is 8.08. The molecule has 2 amide bonds. The molecule has 0 aliphatic heterocycles. The number of hydrogen-bond donors (Lipinski definition) is 3. The van der Waals surface area contributed by atoms with Gasteiger partial charge in [0.2, 0.25) is 11.8 Å². The maximum atomic E-state index is 11.7. The first kappa shape index (κ1) is 15.0. The molecule has 0 aromatic carbocycles. The molecule has 0 bridgehead atoms. The molecule has 5 heteroatoms. The zero-order valence-electron chi connectivity index (χ0n) is 11.4. The van der Waals surface area contributed by atoms with Crippen LogP contribution in [0.3, 0.4) is 0 Å². The second-order valence-electron chi connectivity index (χ2n) is 5.08. The zero-order valence-corrected chi connectivity index (χ0v) is 11.4. The molecule has 5 nitrogen and oxygen atoms in total. The van der Waals surface area contributed by atoms with Crippen molar-refractivity contribution in [2.75, 3.05) is 20.1 Å². The smallest absolute Gasteiger partial charge is 0.239 e. The van der Waals surface area contributed by atoms with E-state index in [1.165, 1.54) is 19.3 Å². The van der Waals surface area contributed by atoms with E-state index in [9.17, 15) is 9.59 Å². The summed E-state index contributed by atoms with van der Waals surface area (Å²) in [5, 5.41) is 8.58. The van der Waals surface area contributed by atoms with Gasteiger partial charge < -0.3 is 16.0 Å². The van der Waals surface area contributed by atoms with Crippen molar-refractivity contribution in [2.24, 2.45) is 5.92 Å². The Bertz CT molecular complexity index is 275. The molecule has 1 aliphatic rings. The number of carbonyl (C=O) groups is 2. The lowest BCUT2D eigenvalue weighted by molar-refractivity contribution is -0.128. The Labute approximate surface area is 109 Å². The summed E-state index contributed by atoms with van der Waals surface area (Å²) in [6.45, 7) is 2.55. The summed E-state index contributed by atoms with van der Waals surface area (Å²) in [6.07, 6.45) is 5.78. The third-order valence-corrected chi connectivity index (χ3v) is 3.35. The monoisotopic (exact) mass is 255 g/mol. The number of nitrogens with one attached hydrogen (secondary N) is 3. The molecule has 0 heterocycles. The first-order chi connectivity index (χ1) is 8.63. The van der Waals surface area contributed by atoms with Gasteiger partial charge in [-0.2, -0.15) is 0 Å². The number of carbonyl (C=O) groups excluding carboxylic acids is 2. The predicted octanol–water partition coefficient (Wildman–Crippen LogP) is 0.407. The molecule has 0 aromatic rings. The standard InChI is InChI=1S/C13H25N3O2/c1-10(8-14-2)13(18)15-9-12(17)16-11-6-4-3-5-7-11/h10-11,14H,3-9H2,1-2H3,(H,15,18)(H,16,17). The van der Waals surface area contributed by atoms with Crippen LogP contribution in [0.1, 0.15) is 39.0 Å². The zero-order chi connectivity index (χ0) is 13.4. The Hall–Kier alpha value is -1.10. The summed E-state index contributed by atoms with van der Waals surface area (Å²) in [5.74, 6) is -0.271. The quantitative estimate of drug-likeness (QED) is 0.644. The first-order valence-electron chi connectivity index (χ1n) is 6.85. The summed E-state index contributed by atoms with van der Waals surface area (Å²) in [7, 11) is 1.81. The molecule has 0 saturated heterocycles. The lowest BCUT2D eigenvalue weighted by atomic mass is 9.95. The Morgan fingerprint density at radius 2 is 1.89 bits per heavy atom. The van der Waals surface area contributed by atoms with Crippen molar-refractivity contribution in [1.82, 2.24) is 16.0 Å². The minimum absolute atomic E-state index is 0.0769. The number of amides is 2. The predicted molar refractivity (Wildman–Crippen MR) is 71.1 cm³/mol.